The Bertz CT molecular complexity index is 557. The van der Waals surface area contributed by atoms with Gasteiger partial charge in [-0.25, -0.2) is 0 Å². The third-order valence-corrected chi connectivity index (χ3v) is 5.75. The summed E-state index contributed by atoms with van der Waals surface area (Å²) in [7, 11) is 0. The molecular formula is C17H20O4S2. The minimum absolute atomic E-state index is 0.315. The number of thioether (sulfide) groups is 2. The highest BCUT2D eigenvalue weighted by atomic mass is 32.2. The van der Waals surface area contributed by atoms with Crippen LogP contribution in [0.5, 0.6) is 0 Å². The first-order valence-corrected chi connectivity index (χ1v) is 9.39. The van der Waals surface area contributed by atoms with Crippen molar-refractivity contribution in [3.63, 3.8) is 0 Å². The van der Waals surface area contributed by atoms with E-state index in [1.807, 2.05) is 30.3 Å². The summed E-state index contributed by atoms with van der Waals surface area (Å²) < 4.78 is 11.0. The lowest BCUT2D eigenvalue weighted by Crippen LogP contribution is -2.23. The fraction of sp³-hybridized carbons (Fsp3) is 0.412. The lowest BCUT2D eigenvalue weighted by molar-refractivity contribution is -0.149. The minimum atomic E-state index is -0.368. The van der Waals surface area contributed by atoms with Crippen LogP contribution in [0.15, 0.2) is 40.1 Å². The quantitative estimate of drug-likeness (QED) is 0.528. The van der Waals surface area contributed by atoms with E-state index in [2.05, 4.69) is 0 Å². The number of carbonyl (C=O) groups excluding carboxylic acids is 2. The molecule has 23 heavy (non-hydrogen) atoms. The molecule has 1 aliphatic rings. The molecule has 0 aliphatic carbocycles. The first kappa shape index (κ1) is 18.1. The first-order valence-electron chi connectivity index (χ1n) is 7.42. The SMILES string of the molecule is CC(=O)O[C@H](COCc1ccccc1)CC1=C(C=O)SCCS1. The van der Waals surface area contributed by atoms with Crippen LogP contribution >= 0.6 is 23.5 Å². The molecule has 0 spiro atoms. The molecular weight excluding hydrogens is 332 g/mol. The summed E-state index contributed by atoms with van der Waals surface area (Å²) >= 11 is 3.22. The Morgan fingerprint density at radius 2 is 2.00 bits per heavy atom. The van der Waals surface area contributed by atoms with Crippen molar-refractivity contribution in [2.75, 3.05) is 18.1 Å². The Balaban J connectivity index is 1.92. The number of carbonyl (C=O) groups is 2. The maximum Gasteiger partial charge on any atom is 0.302 e. The predicted octanol–water partition coefficient (Wildman–Crippen LogP) is 3.42. The topological polar surface area (TPSA) is 52.6 Å². The maximum absolute atomic E-state index is 11.3. The van der Waals surface area contributed by atoms with E-state index in [-0.39, 0.29) is 12.1 Å². The number of aldehydes is 1. The molecule has 0 aromatic heterocycles. The molecule has 1 aliphatic heterocycles. The van der Waals surface area contributed by atoms with Gasteiger partial charge in [-0.15, -0.1) is 23.5 Å². The smallest absolute Gasteiger partial charge is 0.302 e. The van der Waals surface area contributed by atoms with E-state index in [0.717, 1.165) is 33.2 Å². The van der Waals surface area contributed by atoms with Crippen LogP contribution in [0, 0.1) is 0 Å². The fourth-order valence-electron chi connectivity index (χ4n) is 2.19. The van der Waals surface area contributed by atoms with Gasteiger partial charge in [0.1, 0.15) is 6.10 Å². The van der Waals surface area contributed by atoms with Gasteiger partial charge in [0.25, 0.3) is 0 Å². The summed E-state index contributed by atoms with van der Waals surface area (Å²) in [4.78, 5) is 24.2. The Labute approximate surface area is 145 Å². The molecule has 1 aromatic carbocycles. The highest BCUT2D eigenvalue weighted by molar-refractivity contribution is 8.10. The van der Waals surface area contributed by atoms with Crippen molar-refractivity contribution in [3.05, 3.63) is 45.7 Å². The molecule has 0 amide bonds. The molecule has 1 aromatic rings. The number of hydrogen-bond acceptors (Lipinski definition) is 6. The number of hydrogen-bond donors (Lipinski definition) is 0. The number of esters is 1. The summed E-state index contributed by atoms with van der Waals surface area (Å²) in [6.45, 7) is 2.18. The molecule has 1 atom stereocenters. The van der Waals surface area contributed by atoms with Crippen LogP contribution in [0.1, 0.15) is 18.9 Å². The van der Waals surface area contributed by atoms with Crippen LogP contribution in [0.3, 0.4) is 0 Å². The van der Waals surface area contributed by atoms with Crippen LogP contribution in [0.4, 0.5) is 0 Å². The van der Waals surface area contributed by atoms with Crippen LogP contribution in [-0.2, 0) is 25.7 Å². The average Bonchev–Trinajstić information content (AvgIpc) is 2.55. The van der Waals surface area contributed by atoms with E-state index in [1.165, 1.54) is 6.92 Å². The average molecular weight is 352 g/mol. The van der Waals surface area contributed by atoms with Crippen LogP contribution < -0.4 is 0 Å². The van der Waals surface area contributed by atoms with E-state index in [0.29, 0.717) is 19.6 Å². The van der Waals surface area contributed by atoms with Gasteiger partial charge >= 0.3 is 5.97 Å². The zero-order valence-electron chi connectivity index (χ0n) is 13.0. The van der Waals surface area contributed by atoms with E-state index in [9.17, 15) is 9.59 Å². The van der Waals surface area contributed by atoms with Crippen molar-refractivity contribution >= 4 is 35.8 Å². The van der Waals surface area contributed by atoms with E-state index in [1.54, 1.807) is 23.5 Å². The van der Waals surface area contributed by atoms with Gasteiger partial charge in [-0.3, -0.25) is 9.59 Å². The molecule has 4 nitrogen and oxygen atoms in total. The minimum Gasteiger partial charge on any atom is -0.460 e. The predicted molar refractivity (Wildman–Crippen MR) is 94.3 cm³/mol. The molecule has 1 heterocycles. The Morgan fingerprint density at radius 3 is 2.70 bits per heavy atom. The third kappa shape index (κ3) is 6.41. The number of allylic oxidation sites excluding steroid dienone is 1. The van der Waals surface area contributed by atoms with Gasteiger partial charge in [-0.05, 0) is 5.56 Å². The standard InChI is InChI=1S/C17H20O4S2/c1-13(19)21-15(9-16-17(10-18)23-8-7-22-16)12-20-11-14-5-3-2-4-6-14/h2-6,10,15H,7-9,11-12H2,1H3/t15-/m0/s1. The fourth-order valence-corrected chi connectivity index (χ4v) is 4.48. The molecule has 124 valence electrons. The van der Waals surface area contributed by atoms with Crippen molar-refractivity contribution in [3.8, 4) is 0 Å². The van der Waals surface area contributed by atoms with Gasteiger partial charge in [-0.2, -0.15) is 0 Å². The van der Waals surface area contributed by atoms with Crippen molar-refractivity contribution in [1.82, 2.24) is 0 Å². The summed E-state index contributed by atoms with van der Waals surface area (Å²) in [5, 5.41) is 0. The van der Waals surface area contributed by atoms with Crippen LogP contribution in [0.2, 0.25) is 0 Å². The second-order valence-electron chi connectivity index (χ2n) is 5.04. The second-order valence-corrected chi connectivity index (χ2v) is 7.36. The summed E-state index contributed by atoms with van der Waals surface area (Å²) in [5.41, 5.74) is 1.07. The highest BCUT2D eigenvalue weighted by Crippen LogP contribution is 2.36. The van der Waals surface area contributed by atoms with Crippen molar-refractivity contribution in [2.45, 2.75) is 26.1 Å². The molecule has 2 rings (SSSR count). The largest absolute Gasteiger partial charge is 0.460 e. The molecule has 0 saturated heterocycles. The third-order valence-electron chi connectivity index (χ3n) is 3.16. The molecule has 0 bridgehead atoms. The second kappa shape index (κ2) is 9.80. The zero-order valence-corrected chi connectivity index (χ0v) is 14.7. The summed E-state index contributed by atoms with van der Waals surface area (Å²) in [6, 6.07) is 9.85. The normalized spacial score (nSPS) is 16.0. The lowest BCUT2D eigenvalue weighted by Gasteiger charge is -2.22. The molecule has 0 saturated carbocycles. The highest BCUT2D eigenvalue weighted by Gasteiger charge is 2.20. The number of benzene rings is 1. The maximum atomic E-state index is 11.3. The van der Waals surface area contributed by atoms with Gasteiger partial charge in [-0.1, -0.05) is 30.3 Å². The van der Waals surface area contributed by atoms with Gasteiger partial charge in [0.2, 0.25) is 0 Å². The van der Waals surface area contributed by atoms with Gasteiger partial charge < -0.3 is 9.47 Å². The van der Waals surface area contributed by atoms with Gasteiger partial charge in [0.05, 0.1) is 18.1 Å². The van der Waals surface area contributed by atoms with Gasteiger partial charge in [0.15, 0.2) is 6.29 Å². The zero-order chi connectivity index (χ0) is 16.5. The number of rotatable bonds is 8. The molecule has 6 heteroatoms. The molecule has 0 fully saturated rings. The van der Waals surface area contributed by atoms with E-state index < -0.39 is 0 Å². The Kier molecular flexibility index (Phi) is 7.71. The monoisotopic (exact) mass is 352 g/mol. The van der Waals surface area contributed by atoms with Gasteiger partial charge in [0, 0.05) is 29.8 Å². The number of ether oxygens (including phenoxy) is 2. The summed E-state index contributed by atoms with van der Waals surface area (Å²) in [5.74, 6) is 1.57. The molecule has 0 N–H and O–H groups in total. The van der Waals surface area contributed by atoms with E-state index in [4.69, 9.17) is 9.47 Å². The summed E-state index contributed by atoms with van der Waals surface area (Å²) in [6.07, 6.45) is 1.05. The van der Waals surface area contributed by atoms with Crippen LogP contribution in [0.25, 0.3) is 0 Å². The lowest BCUT2D eigenvalue weighted by atomic mass is 10.2. The molecule has 0 unspecified atom stereocenters. The molecule has 0 radical (unpaired) electrons. The van der Waals surface area contributed by atoms with Crippen LogP contribution in [-0.4, -0.2) is 36.5 Å². The van der Waals surface area contributed by atoms with E-state index >= 15 is 0 Å². The van der Waals surface area contributed by atoms with Crippen molar-refractivity contribution in [1.29, 1.82) is 0 Å². The Morgan fingerprint density at radius 1 is 1.26 bits per heavy atom. The van der Waals surface area contributed by atoms with Crippen molar-refractivity contribution < 1.29 is 19.1 Å². The van der Waals surface area contributed by atoms with Crippen molar-refractivity contribution in [2.24, 2.45) is 0 Å². The Hall–Kier alpha value is -1.24. The first-order chi connectivity index (χ1) is 11.2.